The highest BCUT2D eigenvalue weighted by Crippen LogP contribution is 2.18. The van der Waals surface area contributed by atoms with E-state index in [9.17, 15) is 0 Å². The van der Waals surface area contributed by atoms with Gasteiger partial charge in [0.05, 0.1) is 7.11 Å². The van der Waals surface area contributed by atoms with Gasteiger partial charge in [-0.25, -0.2) is 0 Å². The van der Waals surface area contributed by atoms with Crippen molar-refractivity contribution < 1.29 is 4.74 Å². The first-order valence-corrected chi connectivity index (χ1v) is 7.13. The Morgan fingerprint density at radius 1 is 1.11 bits per heavy atom. The molecule has 1 aromatic carbocycles. The summed E-state index contributed by atoms with van der Waals surface area (Å²) in [7, 11) is 1.70. The molecule has 1 unspecified atom stereocenters. The molecule has 2 nitrogen and oxygen atoms in total. The van der Waals surface area contributed by atoms with Crippen molar-refractivity contribution in [3.05, 3.63) is 29.8 Å². The van der Waals surface area contributed by atoms with E-state index in [1.165, 1.54) is 37.7 Å². The molecule has 0 amide bonds. The Bertz CT molecular complexity index is 307. The molecule has 0 saturated carbocycles. The summed E-state index contributed by atoms with van der Waals surface area (Å²) in [5.74, 6) is 1.54. The zero-order valence-corrected chi connectivity index (χ0v) is 11.8. The first-order valence-electron chi connectivity index (χ1n) is 7.13. The fourth-order valence-corrected chi connectivity index (χ4v) is 2.26. The molecule has 1 atom stereocenters. The minimum atomic E-state index is 0.621. The van der Waals surface area contributed by atoms with Crippen LogP contribution in [0.5, 0.6) is 5.75 Å². The summed E-state index contributed by atoms with van der Waals surface area (Å²) in [4.78, 5) is 0. The predicted molar refractivity (Wildman–Crippen MR) is 78.0 cm³/mol. The monoisotopic (exact) mass is 249 g/mol. The van der Waals surface area contributed by atoms with Crippen molar-refractivity contribution in [3.8, 4) is 5.75 Å². The number of ether oxygens (including phenoxy) is 1. The van der Waals surface area contributed by atoms with Crippen molar-refractivity contribution >= 4 is 0 Å². The molecule has 0 bridgehead atoms. The van der Waals surface area contributed by atoms with Crippen LogP contribution in [0.25, 0.3) is 0 Å². The zero-order valence-electron chi connectivity index (χ0n) is 11.8. The van der Waals surface area contributed by atoms with E-state index >= 15 is 0 Å². The van der Waals surface area contributed by atoms with Crippen molar-refractivity contribution in [1.82, 2.24) is 0 Å². The Labute approximate surface area is 112 Å². The van der Waals surface area contributed by atoms with Crippen molar-refractivity contribution in [2.45, 2.75) is 45.4 Å². The maximum absolute atomic E-state index is 5.87. The van der Waals surface area contributed by atoms with E-state index < -0.39 is 0 Å². The molecule has 0 aromatic heterocycles. The second kappa shape index (κ2) is 8.98. The third-order valence-corrected chi connectivity index (χ3v) is 3.48. The molecule has 2 N–H and O–H groups in total. The number of benzene rings is 1. The minimum absolute atomic E-state index is 0.621. The summed E-state index contributed by atoms with van der Waals surface area (Å²) in [6.07, 6.45) is 7.64. The second-order valence-corrected chi connectivity index (χ2v) is 5.00. The summed E-state index contributed by atoms with van der Waals surface area (Å²) in [6.45, 7) is 3.04. The molecule has 2 heteroatoms. The first-order chi connectivity index (χ1) is 8.80. The van der Waals surface area contributed by atoms with E-state index in [1.807, 2.05) is 12.1 Å². The molecule has 1 rings (SSSR count). The van der Waals surface area contributed by atoms with Crippen molar-refractivity contribution in [1.29, 1.82) is 0 Å². The molecule has 0 aliphatic rings. The summed E-state index contributed by atoms with van der Waals surface area (Å²) in [5.41, 5.74) is 7.23. The Kier molecular flexibility index (Phi) is 7.51. The molecule has 0 heterocycles. The van der Waals surface area contributed by atoms with Crippen LogP contribution < -0.4 is 10.5 Å². The summed E-state index contributed by atoms with van der Waals surface area (Å²) >= 11 is 0. The number of methoxy groups -OCH3 is 1. The lowest BCUT2D eigenvalue weighted by Crippen LogP contribution is -2.16. The van der Waals surface area contributed by atoms with Crippen LogP contribution in [0.15, 0.2) is 24.3 Å². The van der Waals surface area contributed by atoms with Crippen molar-refractivity contribution in [2.24, 2.45) is 11.7 Å². The van der Waals surface area contributed by atoms with Gasteiger partial charge in [0, 0.05) is 0 Å². The van der Waals surface area contributed by atoms with E-state index in [0.29, 0.717) is 5.92 Å². The van der Waals surface area contributed by atoms with Gasteiger partial charge < -0.3 is 10.5 Å². The van der Waals surface area contributed by atoms with Gasteiger partial charge in [-0.1, -0.05) is 44.7 Å². The lowest BCUT2D eigenvalue weighted by molar-refractivity contribution is 0.414. The SMILES string of the molecule is CCCCCCC(CN)Cc1ccc(OC)cc1. The normalized spacial score (nSPS) is 12.4. The lowest BCUT2D eigenvalue weighted by atomic mass is 9.93. The Balaban J connectivity index is 2.36. The summed E-state index contributed by atoms with van der Waals surface area (Å²) in [6, 6.07) is 8.35. The van der Waals surface area contributed by atoms with Crippen molar-refractivity contribution in [2.75, 3.05) is 13.7 Å². The zero-order chi connectivity index (χ0) is 13.2. The highest BCUT2D eigenvalue weighted by Gasteiger charge is 2.07. The molecule has 18 heavy (non-hydrogen) atoms. The quantitative estimate of drug-likeness (QED) is 0.676. The third kappa shape index (κ3) is 5.54. The summed E-state index contributed by atoms with van der Waals surface area (Å²) in [5, 5.41) is 0. The molecule has 1 aromatic rings. The van der Waals surface area contributed by atoms with Crippen molar-refractivity contribution in [3.63, 3.8) is 0 Å². The van der Waals surface area contributed by atoms with Crippen LogP contribution in [0.4, 0.5) is 0 Å². The number of rotatable bonds is 9. The van der Waals surface area contributed by atoms with E-state index in [1.54, 1.807) is 7.11 Å². The topological polar surface area (TPSA) is 35.2 Å². The predicted octanol–water partition coefficient (Wildman–Crippen LogP) is 3.78. The second-order valence-electron chi connectivity index (χ2n) is 5.00. The van der Waals surface area contributed by atoms with E-state index in [2.05, 4.69) is 19.1 Å². The maximum atomic E-state index is 5.87. The maximum Gasteiger partial charge on any atom is 0.118 e. The van der Waals surface area contributed by atoms with Crippen LogP contribution in [-0.4, -0.2) is 13.7 Å². The highest BCUT2D eigenvalue weighted by atomic mass is 16.5. The van der Waals surface area contributed by atoms with Gasteiger partial charge in [-0.15, -0.1) is 0 Å². The molecule has 0 aliphatic carbocycles. The number of unbranched alkanes of at least 4 members (excludes halogenated alkanes) is 3. The largest absolute Gasteiger partial charge is 0.497 e. The molecule has 102 valence electrons. The van der Waals surface area contributed by atoms with Crippen LogP contribution >= 0.6 is 0 Å². The van der Waals surface area contributed by atoms with Crippen LogP contribution in [0.2, 0.25) is 0 Å². The Morgan fingerprint density at radius 3 is 2.39 bits per heavy atom. The average molecular weight is 249 g/mol. The average Bonchev–Trinajstić information content (AvgIpc) is 2.43. The van der Waals surface area contributed by atoms with Gasteiger partial charge in [0.1, 0.15) is 5.75 Å². The molecule has 0 saturated heterocycles. The first kappa shape index (κ1) is 15.0. The molecule has 0 aliphatic heterocycles. The van der Waals surface area contributed by atoms with Gasteiger partial charge in [0.15, 0.2) is 0 Å². The number of hydrogen-bond donors (Lipinski definition) is 1. The van der Waals surface area contributed by atoms with E-state index in [0.717, 1.165) is 18.7 Å². The molecular weight excluding hydrogens is 222 g/mol. The van der Waals surface area contributed by atoms with Crippen LogP contribution in [0, 0.1) is 5.92 Å². The fraction of sp³-hybridized carbons (Fsp3) is 0.625. The molecular formula is C16H27NO. The number of hydrogen-bond acceptors (Lipinski definition) is 2. The van der Waals surface area contributed by atoms with Gasteiger partial charge in [0.25, 0.3) is 0 Å². The van der Waals surface area contributed by atoms with Gasteiger partial charge in [-0.2, -0.15) is 0 Å². The van der Waals surface area contributed by atoms with Crippen LogP contribution in [-0.2, 0) is 6.42 Å². The van der Waals surface area contributed by atoms with Gasteiger partial charge >= 0.3 is 0 Å². The fourth-order valence-electron chi connectivity index (χ4n) is 2.26. The molecule has 0 fully saturated rings. The minimum Gasteiger partial charge on any atom is -0.497 e. The standard InChI is InChI=1S/C16H27NO/c1-3-4-5-6-7-15(13-17)12-14-8-10-16(18-2)11-9-14/h8-11,15H,3-7,12-13,17H2,1-2H3. The molecule has 0 radical (unpaired) electrons. The number of nitrogens with two attached hydrogens (primary N) is 1. The Hall–Kier alpha value is -1.02. The summed E-state index contributed by atoms with van der Waals surface area (Å²) < 4.78 is 5.17. The Morgan fingerprint density at radius 2 is 1.83 bits per heavy atom. The van der Waals surface area contributed by atoms with E-state index in [-0.39, 0.29) is 0 Å². The van der Waals surface area contributed by atoms with Gasteiger partial charge in [-0.05, 0) is 43.0 Å². The lowest BCUT2D eigenvalue weighted by Gasteiger charge is -2.14. The highest BCUT2D eigenvalue weighted by molar-refractivity contribution is 5.27. The van der Waals surface area contributed by atoms with Crippen LogP contribution in [0.3, 0.4) is 0 Å². The van der Waals surface area contributed by atoms with Gasteiger partial charge in [0.2, 0.25) is 0 Å². The smallest absolute Gasteiger partial charge is 0.118 e. The third-order valence-electron chi connectivity index (χ3n) is 3.48. The van der Waals surface area contributed by atoms with E-state index in [4.69, 9.17) is 10.5 Å². The van der Waals surface area contributed by atoms with Crippen LogP contribution in [0.1, 0.15) is 44.6 Å². The van der Waals surface area contributed by atoms with Gasteiger partial charge in [-0.3, -0.25) is 0 Å². The molecule has 0 spiro atoms.